The number of thioether (sulfide) groups is 1. The van der Waals surface area contributed by atoms with Gasteiger partial charge >= 0.3 is 12.1 Å². The molecule has 0 aromatic heterocycles. The number of rotatable bonds is 25. The lowest BCUT2D eigenvalue weighted by Crippen LogP contribution is -2.47. The predicted molar refractivity (Wildman–Crippen MR) is 227 cm³/mol. The molecule has 0 heterocycles. The lowest BCUT2D eigenvalue weighted by Gasteiger charge is -2.24. The third-order valence-electron chi connectivity index (χ3n) is 8.89. The van der Waals surface area contributed by atoms with E-state index in [9.17, 15) is 24.3 Å². The maximum atomic E-state index is 13.7. The van der Waals surface area contributed by atoms with Gasteiger partial charge in [-0.05, 0) is 53.6 Å². The van der Waals surface area contributed by atoms with E-state index in [1.165, 1.54) is 6.08 Å². The van der Waals surface area contributed by atoms with Crippen LogP contribution < -0.4 is 20.7 Å². The normalized spacial score (nSPS) is 12.8. The first kappa shape index (κ1) is 44.9. The summed E-state index contributed by atoms with van der Waals surface area (Å²) in [6.45, 7) is 7.46. The summed E-state index contributed by atoms with van der Waals surface area (Å²) in [7, 11) is 0. The van der Waals surface area contributed by atoms with Crippen LogP contribution in [0.4, 0.5) is 4.79 Å². The van der Waals surface area contributed by atoms with Gasteiger partial charge in [-0.25, -0.2) is 9.59 Å². The molecule has 0 fully saturated rings. The van der Waals surface area contributed by atoms with Gasteiger partial charge in [0.15, 0.2) is 0 Å². The van der Waals surface area contributed by atoms with Crippen LogP contribution in [0.15, 0.2) is 141 Å². The van der Waals surface area contributed by atoms with E-state index in [-0.39, 0.29) is 39.1 Å². The Morgan fingerprint density at radius 2 is 1.28 bits per heavy atom. The van der Waals surface area contributed by atoms with Crippen molar-refractivity contribution in [2.45, 2.75) is 62.8 Å². The van der Waals surface area contributed by atoms with Gasteiger partial charge in [0.2, 0.25) is 11.8 Å². The maximum absolute atomic E-state index is 13.7. The van der Waals surface area contributed by atoms with Crippen molar-refractivity contribution in [1.29, 1.82) is 0 Å². The van der Waals surface area contributed by atoms with E-state index < -0.39 is 47.9 Å². The number of hydrogen-bond donors (Lipinski definition) is 4. The smallest absolute Gasteiger partial charge is 0.408 e. The Morgan fingerprint density at radius 3 is 1.88 bits per heavy atom. The molecule has 306 valence electrons. The van der Waals surface area contributed by atoms with Crippen LogP contribution in [0.25, 0.3) is 0 Å². The second-order valence-corrected chi connectivity index (χ2v) is 14.6. The number of alkyl carbamates (subject to hydrolysis) is 1. The zero-order valence-corrected chi connectivity index (χ0v) is 33.4. The molecule has 4 aromatic rings. The number of amides is 3. The first-order chi connectivity index (χ1) is 28.3. The third-order valence-corrected chi connectivity index (χ3v) is 10.1. The second-order valence-electron chi connectivity index (χ2n) is 13.6. The average Bonchev–Trinajstić information content (AvgIpc) is 3.25. The molecule has 58 heavy (non-hydrogen) atoms. The quantitative estimate of drug-likeness (QED) is 0.0424. The summed E-state index contributed by atoms with van der Waals surface area (Å²) >= 11 is 1.55. The van der Waals surface area contributed by atoms with Crippen LogP contribution in [0.1, 0.15) is 41.5 Å². The number of nitrogens with one attached hydrogen (secondary N) is 3. The average molecular weight is 808 g/mol. The minimum Gasteiger partial charge on any atom is -0.489 e. The Kier molecular flexibility index (Phi) is 19.7. The molecule has 12 heteroatoms. The van der Waals surface area contributed by atoms with Gasteiger partial charge < -0.3 is 35.3 Å². The van der Waals surface area contributed by atoms with Gasteiger partial charge in [0.1, 0.15) is 31.6 Å². The number of carbonyl (C=O) groups excluding carboxylic acids is 4. The highest BCUT2D eigenvalue weighted by molar-refractivity contribution is 7.98. The van der Waals surface area contributed by atoms with Crippen molar-refractivity contribution in [3.63, 3.8) is 0 Å². The number of hydrogen-bond acceptors (Lipinski definition) is 9. The number of ether oxygens (including phenoxy) is 3. The molecule has 4 aromatic carbocycles. The summed E-state index contributed by atoms with van der Waals surface area (Å²) in [5, 5.41) is 18.5. The summed E-state index contributed by atoms with van der Waals surface area (Å²) < 4.78 is 16.8. The lowest BCUT2D eigenvalue weighted by atomic mass is 9.98. The van der Waals surface area contributed by atoms with Crippen LogP contribution in [0.2, 0.25) is 0 Å². The largest absolute Gasteiger partial charge is 0.489 e. The highest BCUT2D eigenvalue weighted by Crippen LogP contribution is 2.18. The van der Waals surface area contributed by atoms with Gasteiger partial charge in [0.05, 0.1) is 24.6 Å². The van der Waals surface area contributed by atoms with E-state index in [1.807, 2.05) is 115 Å². The molecule has 4 atom stereocenters. The van der Waals surface area contributed by atoms with E-state index in [4.69, 9.17) is 14.2 Å². The van der Waals surface area contributed by atoms with Crippen LogP contribution in [0, 0.1) is 5.92 Å². The molecule has 4 N–H and O–H groups in total. The lowest BCUT2D eigenvalue weighted by molar-refractivity contribution is -0.147. The Morgan fingerprint density at radius 1 is 0.672 bits per heavy atom. The molecule has 0 spiro atoms. The highest BCUT2D eigenvalue weighted by Gasteiger charge is 2.27. The summed E-state index contributed by atoms with van der Waals surface area (Å²) in [5.74, 6) is -0.549. The molecule has 0 unspecified atom stereocenters. The summed E-state index contributed by atoms with van der Waals surface area (Å²) in [6, 6.07) is 34.0. The SMILES string of the molecule is C=CC[C@@H](CC(=O)N[C@H](CO)Cc1ccc(OCc2ccccc2)cc1)C(=O)N[C@H](COC(=O)[C@@H](CC=C)NC(=O)OCc1ccccc1)CSCc1ccccc1. The molecule has 3 amide bonds. The molecule has 0 aliphatic rings. The van der Waals surface area contributed by atoms with Crippen LogP contribution in [0.3, 0.4) is 0 Å². The van der Waals surface area contributed by atoms with Crippen molar-refractivity contribution in [2.75, 3.05) is 19.0 Å². The Hall–Kier alpha value is -5.85. The first-order valence-electron chi connectivity index (χ1n) is 19.2. The van der Waals surface area contributed by atoms with Crippen molar-refractivity contribution < 1.29 is 38.5 Å². The van der Waals surface area contributed by atoms with Crippen molar-refractivity contribution in [1.82, 2.24) is 16.0 Å². The number of benzene rings is 4. The van der Waals surface area contributed by atoms with Crippen LogP contribution in [0.5, 0.6) is 5.75 Å². The maximum Gasteiger partial charge on any atom is 0.408 e. The van der Waals surface area contributed by atoms with Crippen LogP contribution >= 0.6 is 11.8 Å². The Bertz CT molecular complexity index is 1860. The molecular weight excluding hydrogens is 755 g/mol. The summed E-state index contributed by atoms with van der Waals surface area (Å²) in [4.78, 5) is 52.7. The number of allylic oxidation sites excluding steroid dienone is 1. The minimum absolute atomic E-state index is 0.0271. The molecular formula is C46H53N3O8S. The van der Waals surface area contributed by atoms with Crippen LogP contribution in [-0.4, -0.2) is 66.1 Å². The topological polar surface area (TPSA) is 152 Å². The first-order valence-corrected chi connectivity index (χ1v) is 20.3. The predicted octanol–water partition coefficient (Wildman–Crippen LogP) is 6.70. The number of aliphatic hydroxyl groups is 1. The van der Waals surface area contributed by atoms with E-state index in [1.54, 1.807) is 17.8 Å². The van der Waals surface area contributed by atoms with Crippen molar-refractivity contribution in [3.05, 3.63) is 163 Å². The molecule has 0 saturated heterocycles. The second kappa shape index (κ2) is 25.4. The number of esters is 1. The van der Waals surface area contributed by atoms with Gasteiger partial charge in [-0.1, -0.05) is 115 Å². The van der Waals surface area contributed by atoms with E-state index >= 15 is 0 Å². The minimum atomic E-state index is -1.06. The molecule has 4 rings (SSSR count). The van der Waals surface area contributed by atoms with Gasteiger partial charge in [0.25, 0.3) is 0 Å². The van der Waals surface area contributed by atoms with E-state index in [2.05, 4.69) is 29.1 Å². The zero-order chi connectivity index (χ0) is 41.4. The molecule has 0 aliphatic heterocycles. The van der Waals surface area contributed by atoms with E-state index in [0.717, 1.165) is 22.3 Å². The molecule has 0 saturated carbocycles. The van der Waals surface area contributed by atoms with Crippen molar-refractivity contribution in [2.24, 2.45) is 5.92 Å². The van der Waals surface area contributed by atoms with Gasteiger partial charge in [-0.15, -0.1) is 13.2 Å². The fourth-order valence-corrected chi connectivity index (χ4v) is 6.83. The number of aliphatic hydroxyl groups excluding tert-OH is 1. The summed E-state index contributed by atoms with van der Waals surface area (Å²) in [6.07, 6.45) is 2.81. The molecule has 11 nitrogen and oxygen atoms in total. The molecule has 0 aliphatic carbocycles. The standard InChI is InChI=1S/C46H53N3O8S/c1-3-14-38(27-43(51)47-39(28-50)26-34-22-24-41(25-23-34)55-29-35-16-8-5-9-17-35)44(52)48-40(33-58-32-37-20-12-7-13-21-37)31-56-45(53)42(15-4-2)49-46(54)57-30-36-18-10-6-11-19-36/h3-13,16-25,38-40,42,50H,1-2,14-15,26-33H2,(H,47,51)(H,48,52)(H,49,54)/t38-,39-,40+,42+/m0/s1. The Balaban J connectivity index is 1.32. The third kappa shape index (κ3) is 16.7. The van der Waals surface area contributed by atoms with Crippen molar-refractivity contribution >= 4 is 35.6 Å². The molecule has 0 bridgehead atoms. The van der Waals surface area contributed by atoms with Gasteiger partial charge in [0, 0.05) is 17.9 Å². The fraction of sp³-hybridized carbons (Fsp3) is 0.304. The van der Waals surface area contributed by atoms with Crippen LogP contribution in [-0.2, 0) is 49.2 Å². The van der Waals surface area contributed by atoms with E-state index in [0.29, 0.717) is 30.3 Å². The zero-order valence-electron chi connectivity index (χ0n) is 32.6. The summed E-state index contributed by atoms with van der Waals surface area (Å²) in [5.41, 5.74) is 3.83. The monoisotopic (exact) mass is 807 g/mol. The van der Waals surface area contributed by atoms with Gasteiger partial charge in [-0.3, -0.25) is 9.59 Å². The fourth-order valence-electron chi connectivity index (χ4n) is 5.82. The Labute approximate surface area is 345 Å². The van der Waals surface area contributed by atoms with Crippen molar-refractivity contribution in [3.8, 4) is 5.75 Å². The highest BCUT2D eigenvalue weighted by atomic mass is 32.2. The molecule has 0 radical (unpaired) electrons. The number of carbonyl (C=O) groups is 4. The van der Waals surface area contributed by atoms with Gasteiger partial charge in [-0.2, -0.15) is 11.8 Å².